The summed E-state index contributed by atoms with van der Waals surface area (Å²) in [7, 11) is -3.60. The molecule has 2 aromatic carbocycles. The molecule has 1 unspecified atom stereocenters. The van der Waals surface area contributed by atoms with Crippen LogP contribution in [0.3, 0.4) is 0 Å². The average Bonchev–Trinajstić information content (AvgIpc) is 3.35. The van der Waals surface area contributed by atoms with Gasteiger partial charge in [0, 0.05) is 13.1 Å². The second-order valence-corrected chi connectivity index (χ2v) is 10.8. The number of carbonyl (C=O) groups is 3. The second kappa shape index (κ2) is 8.84. The molecule has 0 bridgehead atoms. The minimum absolute atomic E-state index is 0.104. The smallest absolute Gasteiger partial charge is 0.338 e. The molecule has 2 aromatic rings. The minimum Gasteiger partial charge on any atom is -0.449 e. The predicted octanol–water partition coefficient (Wildman–Crippen LogP) is 2.78. The van der Waals surface area contributed by atoms with Gasteiger partial charge >= 0.3 is 5.97 Å². The van der Waals surface area contributed by atoms with Gasteiger partial charge < -0.3 is 10.1 Å². The zero-order valence-corrected chi connectivity index (χ0v) is 20.1. The number of para-hydroxylation sites is 2. The first-order chi connectivity index (χ1) is 16.0. The van der Waals surface area contributed by atoms with Crippen molar-refractivity contribution in [3.05, 3.63) is 54.1 Å². The number of nitrogens with zero attached hydrogens (tertiary/aromatic N) is 2. The van der Waals surface area contributed by atoms with Gasteiger partial charge in [0.05, 0.1) is 21.8 Å². The summed E-state index contributed by atoms with van der Waals surface area (Å²) in [6.45, 7) is 5.64. The first kappa shape index (κ1) is 23.9. The first-order valence-corrected chi connectivity index (χ1v) is 12.5. The van der Waals surface area contributed by atoms with Crippen LogP contribution in [0.4, 0.5) is 11.4 Å². The summed E-state index contributed by atoms with van der Waals surface area (Å²) in [6.07, 6.45) is 0.476. The fourth-order valence-corrected chi connectivity index (χ4v) is 5.66. The number of nitrogens with one attached hydrogen (secondary N) is 1. The molecule has 1 fully saturated rings. The molecule has 2 aliphatic heterocycles. The van der Waals surface area contributed by atoms with Gasteiger partial charge in [-0.25, -0.2) is 13.2 Å². The van der Waals surface area contributed by atoms with Gasteiger partial charge in [-0.1, -0.05) is 12.1 Å². The molecule has 1 N–H and O–H groups in total. The van der Waals surface area contributed by atoms with Crippen LogP contribution in [0, 0.1) is 0 Å². The number of carbonyl (C=O) groups excluding carboxylic acids is 3. The van der Waals surface area contributed by atoms with Gasteiger partial charge in [-0.15, -0.1) is 0 Å². The van der Waals surface area contributed by atoms with E-state index in [1.54, 1.807) is 38.1 Å². The number of sulfonamides is 1. The zero-order chi connectivity index (χ0) is 24.7. The zero-order valence-electron chi connectivity index (χ0n) is 19.3. The van der Waals surface area contributed by atoms with Crippen molar-refractivity contribution < 1.29 is 27.5 Å². The molecule has 0 aliphatic carbocycles. The van der Waals surface area contributed by atoms with Crippen LogP contribution in [-0.4, -0.2) is 55.2 Å². The maximum atomic E-state index is 13.3. The Hall–Kier alpha value is -3.24. The topological polar surface area (TPSA) is 113 Å². The second-order valence-electron chi connectivity index (χ2n) is 8.89. The number of rotatable bonds is 5. The van der Waals surface area contributed by atoms with Gasteiger partial charge in [-0.05, 0) is 70.0 Å². The maximum Gasteiger partial charge on any atom is 0.338 e. The Balaban J connectivity index is 1.50. The van der Waals surface area contributed by atoms with E-state index in [9.17, 15) is 22.8 Å². The van der Waals surface area contributed by atoms with E-state index < -0.39 is 33.5 Å². The molecule has 34 heavy (non-hydrogen) atoms. The van der Waals surface area contributed by atoms with Crippen LogP contribution in [0.2, 0.25) is 0 Å². The van der Waals surface area contributed by atoms with E-state index in [1.807, 2.05) is 0 Å². The number of anilines is 2. The van der Waals surface area contributed by atoms with Crippen molar-refractivity contribution in [3.63, 3.8) is 0 Å². The van der Waals surface area contributed by atoms with E-state index in [-0.39, 0.29) is 16.4 Å². The van der Waals surface area contributed by atoms with Gasteiger partial charge in [-0.3, -0.25) is 14.5 Å². The van der Waals surface area contributed by atoms with E-state index in [0.717, 1.165) is 12.8 Å². The van der Waals surface area contributed by atoms with Crippen molar-refractivity contribution >= 4 is 39.2 Å². The molecule has 2 aliphatic rings. The molecule has 9 nitrogen and oxygen atoms in total. The lowest BCUT2D eigenvalue weighted by Crippen LogP contribution is -2.60. The molecule has 180 valence electrons. The van der Waals surface area contributed by atoms with Gasteiger partial charge in [0.2, 0.25) is 15.9 Å². The Morgan fingerprint density at radius 2 is 1.65 bits per heavy atom. The molecule has 0 spiro atoms. The average molecular weight is 486 g/mol. The number of hydrogen-bond acceptors (Lipinski definition) is 6. The van der Waals surface area contributed by atoms with Crippen molar-refractivity contribution in [1.82, 2.24) is 4.31 Å². The highest BCUT2D eigenvalue weighted by Gasteiger charge is 2.45. The molecular formula is C24H27N3O6S. The van der Waals surface area contributed by atoms with Gasteiger partial charge in [0.1, 0.15) is 5.54 Å². The van der Waals surface area contributed by atoms with Gasteiger partial charge in [0.15, 0.2) is 6.10 Å². The third-order valence-electron chi connectivity index (χ3n) is 6.15. The van der Waals surface area contributed by atoms with Crippen LogP contribution in [0.25, 0.3) is 0 Å². The van der Waals surface area contributed by atoms with Crippen LogP contribution < -0.4 is 10.2 Å². The SMILES string of the molecule is CC(OC(=O)c1ccc(S(=O)(=O)N2CCCC2)cc1)C(=O)N1c2ccccc2NC(=O)C1(C)C. The van der Waals surface area contributed by atoms with Crippen molar-refractivity contribution in [1.29, 1.82) is 0 Å². The van der Waals surface area contributed by atoms with Crippen molar-refractivity contribution in [2.24, 2.45) is 0 Å². The van der Waals surface area contributed by atoms with Crippen LogP contribution in [-0.2, 0) is 24.3 Å². The molecule has 0 aromatic heterocycles. The van der Waals surface area contributed by atoms with Crippen molar-refractivity contribution in [2.75, 3.05) is 23.3 Å². The monoisotopic (exact) mass is 485 g/mol. The number of fused-ring (bicyclic) bond motifs is 1. The lowest BCUT2D eigenvalue weighted by molar-refractivity contribution is -0.131. The fraction of sp³-hybridized carbons (Fsp3) is 0.375. The van der Waals surface area contributed by atoms with Crippen molar-refractivity contribution in [3.8, 4) is 0 Å². The summed E-state index contributed by atoms with van der Waals surface area (Å²) in [5, 5.41) is 2.78. The molecule has 0 radical (unpaired) electrons. The Kier molecular flexibility index (Phi) is 6.22. The molecule has 1 saturated heterocycles. The summed E-state index contributed by atoms with van der Waals surface area (Å²) in [4.78, 5) is 40.0. The molecule has 2 heterocycles. The Labute approximate surface area is 198 Å². The molecule has 2 amide bonds. The Morgan fingerprint density at radius 1 is 1.03 bits per heavy atom. The highest BCUT2D eigenvalue weighted by Crippen LogP contribution is 2.37. The molecular weight excluding hydrogens is 458 g/mol. The van der Waals surface area contributed by atoms with E-state index in [0.29, 0.717) is 24.5 Å². The molecule has 10 heteroatoms. The van der Waals surface area contributed by atoms with Crippen LogP contribution in [0.15, 0.2) is 53.4 Å². The fourth-order valence-electron chi connectivity index (χ4n) is 4.15. The lowest BCUT2D eigenvalue weighted by atomic mass is 9.95. The van der Waals surface area contributed by atoms with Crippen LogP contribution in [0.1, 0.15) is 44.0 Å². The molecule has 0 saturated carbocycles. The Morgan fingerprint density at radius 3 is 2.29 bits per heavy atom. The van der Waals surface area contributed by atoms with E-state index >= 15 is 0 Å². The highest BCUT2D eigenvalue weighted by molar-refractivity contribution is 7.89. The standard InChI is InChI=1S/C24H27N3O6S/c1-16(21(28)27-20-9-5-4-8-19(20)25-23(30)24(27,2)3)33-22(29)17-10-12-18(13-11-17)34(31,32)26-14-6-7-15-26/h4-5,8-13,16H,6-7,14-15H2,1-3H3,(H,25,30). The number of esters is 1. The quantitative estimate of drug-likeness (QED) is 0.652. The maximum absolute atomic E-state index is 13.3. The van der Waals surface area contributed by atoms with Crippen LogP contribution >= 0.6 is 0 Å². The van der Waals surface area contributed by atoms with Crippen molar-refractivity contribution in [2.45, 2.75) is 50.2 Å². The third-order valence-corrected chi connectivity index (χ3v) is 8.07. The largest absolute Gasteiger partial charge is 0.449 e. The lowest BCUT2D eigenvalue weighted by Gasteiger charge is -2.42. The first-order valence-electron chi connectivity index (χ1n) is 11.1. The van der Waals surface area contributed by atoms with Gasteiger partial charge in [-0.2, -0.15) is 4.31 Å². The number of amides is 2. The molecule has 4 rings (SSSR count). The summed E-state index contributed by atoms with van der Waals surface area (Å²) >= 11 is 0. The molecule has 1 atom stereocenters. The minimum atomic E-state index is -3.60. The summed E-state index contributed by atoms with van der Waals surface area (Å²) in [5.41, 5.74) is -0.0708. The predicted molar refractivity (Wildman–Crippen MR) is 126 cm³/mol. The number of hydrogen-bond donors (Lipinski definition) is 1. The van der Waals surface area contributed by atoms with E-state index in [1.165, 1.54) is 40.4 Å². The summed E-state index contributed by atoms with van der Waals surface area (Å²) < 4.78 is 32.2. The highest BCUT2D eigenvalue weighted by atomic mass is 32.2. The number of benzene rings is 2. The number of ether oxygens (including phenoxy) is 1. The normalized spacial score (nSPS) is 18.7. The van der Waals surface area contributed by atoms with E-state index in [4.69, 9.17) is 4.74 Å². The summed E-state index contributed by atoms with van der Waals surface area (Å²) in [5.74, 6) is -1.67. The van der Waals surface area contributed by atoms with Gasteiger partial charge in [0.25, 0.3) is 5.91 Å². The van der Waals surface area contributed by atoms with Crippen LogP contribution in [0.5, 0.6) is 0 Å². The third kappa shape index (κ3) is 4.19. The Bertz CT molecular complexity index is 1230. The summed E-state index contributed by atoms with van der Waals surface area (Å²) in [6, 6.07) is 12.4. The van der Waals surface area contributed by atoms with E-state index in [2.05, 4.69) is 5.32 Å².